The number of aliphatic hydroxyl groups is 1. The van der Waals surface area contributed by atoms with Gasteiger partial charge in [0.2, 0.25) is 0 Å². The zero-order valence-corrected chi connectivity index (χ0v) is 13.4. The number of aliphatic hydroxyl groups excluding tert-OH is 1. The van der Waals surface area contributed by atoms with Crippen molar-refractivity contribution in [3.63, 3.8) is 0 Å². The third-order valence-corrected chi connectivity index (χ3v) is 4.17. The van der Waals surface area contributed by atoms with Crippen LogP contribution in [0.15, 0.2) is 40.9 Å². The molecule has 0 saturated heterocycles. The topological polar surface area (TPSA) is 20.2 Å². The second kappa shape index (κ2) is 5.67. The third-order valence-electron chi connectivity index (χ3n) is 2.70. The Morgan fingerprint density at radius 1 is 1.17 bits per heavy atom. The highest BCUT2D eigenvalue weighted by Crippen LogP contribution is 2.30. The van der Waals surface area contributed by atoms with Crippen LogP contribution in [0.4, 0.5) is 4.39 Å². The van der Waals surface area contributed by atoms with Gasteiger partial charge in [-0.25, -0.2) is 4.39 Å². The van der Waals surface area contributed by atoms with Gasteiger partial charge < -0.3 is 5.11 Å². The predicted molar refractivity (Wildman–Crippen MR) is 82.1 cm³/mol. The Morgan fingerprint density at radius 3 is 2.61 bits per heavy atom. The summed E-state index contributed by atoms with van der Waals surface area (Å²) < 4.78 is 15.5. The van der Waals surface area contributed by atoms with Crippen molar-refractivity contribution >= 4 is 38.5 Å². The van der Waals surface area contributed by atoms with Gasteiger partial charge in [0.25, 0.3) is 0 Å². The van der Waals surface area contributed by atoms with Crippen molar-refractivity contribution in [3.8, 4) is 0 Å². The first-order chi connectivity index (χ1) is 8.49. The second-order valence-corrected chi connectivity index (χ2v) is 6.17. The van der Waals surface area contributed by atoms with Crippen molar-refractivity contribution in [1.82, 2.24) is 0 Å². The second-order valence-electron chi connectivity index (χ2n) is 4.09. The molecule has 0 fully saturated rings. The molecule has 2 aromatic carbocycles. The number of rotatable bonds is 2. The SMILES string of the molecule is Cc1ccc(F)c(C(O)c2cc(Br)ccc2I)c1. The van der Waals surface area contributed by atoms with Gasteiger partial charge in [-0.15, -0.1) is 0 Å². The summed E-state index contributed by atoms with van der Waals surface area (Å²) in [7, 11) is 0. The lowest BCUT2D eigenvalue weighted by atomic mass is 9.99. The monoisotopic (exact) mass is 420 g/mol. The highest BCUT2D eigenvalue weighted by atomic mass is 127. The molecule has 0 radical (unpaired) electrons. The number of halogens is 3. The van der Waals surface area contributed by atoms with Crippen molar-refractivity contribution in [1.29, 1.82) is 0 Å². The van der Waals surface area contributed by atoms with Crippen molar-refractivity contribution in [3.05, 3.63) is 66.9 Å². The summed E-state index contributed by atoms with van der Waals surface area (Å²) in [4.78, 5) is 0. The van der Waals surface area contributed by atoms with E-state index < -0.39 is 6.10 Å². The van der Waals surface area contributed by atoms with Gasteiger partial charge in [0, 0.05) is 13.6 Å². The van der Waals surface area contributed by atoms with Crippen LogP contribution in [-0.2, 0) is 0 Å². The molecule has 1 unspecified atom stereocenters. The first-order valence-corrected chi connectivity index (χ1v) is 7.25. The van der Waals surface area contributed by atoms with Gasteiger partial charge in [-0.05, 0) is 59.3 Å². The fourth-order valence-corrected chi connectivity index (χ4v) is 2.77. The highest BCUT2D eigenvalue weighted by molar-refractivity contribution is 14.1. The molecule has 4 heteroatoms. The highest BCUT2D eigenvalue weighted by Gasteiger charge is 2.17. The van der Waals surface area contributed by atoms with Crippen LogP contribution >= 0.6 is 38.5 Å². The minimum Gasteiger partial charge on any atom is -0.384 e. The maximum absolute atomic E-state index is 13.8. The van der Waals surface area contributed by atoms with Crippen molar-refractivity contribution < 1.29 is 9.50 Å². The zero-order valence-electron chi connectivity index (χ0n) is 9.62. The van der Waals surface area contributed by atoms with E-state index in [1.807, 2.05) is 25.1 Å². The maximum Gasteiger partial charge on any atom is 0.129 e. The van der Waals surface area contributed by atoms with Gasteiger partial charge in [0.15, 0.2) is 0 Å². The molecule has 1 nitrogen and oxygen atoms in total. The summed E-state index contributed by atoms with van der Waals surface area (Å²) >= 11 is 5.50. The molecule has 2 aromatic rings. The molecule has 0 aromatic heterocycles. The number of aryl methyl sites for hydroxylation is 1. The van der Waals surface area contributed by atoms with Crippen LogP contribution in [0.5, 0.6) is 0 Å². The minimum absolute atomic E-state index is 0.311. The molecule has 1 N–H and O–H groups in total. The molecule has 0 aliphatic rings. The molecule has 94 valence electrons. The van der Waals surface area contributed by atoms with Gasteiger partial charge in [0.1, 0.15) is 11.9 Å². The Hall–Kier alpha value is -0.460. The molecule has 1 atom stereocenters. The fourth-order valence-electron chi connectivity index (χ4n) is 1.76. The molecule has 0 bridgehead atoms. The summed E-state index contributed by atoms with van der Waals surface area (Å²) in [6.07, 6.45) is -0.950. The Balaban J connectivity index is 2.50. The number of benzene rings is 2. The normalized spacial score (nSPS) is 12.5. The summed E-state index contributed by atoms with van der Waals surface area (Å²) in [6.45, 7) is 1.88. The van der Waals surface area contributed by atoms with Crippen LogP contribution in [0, 0.1) is 16.3 Å². The quantitative estimate of drug-likeness (QED) is 0.705. The van der Waals surface area contributed by atoms with E-state index in [0.717, 1.165) is 13.6 Å². The van der Waals surface area contributed by atoms with E-state index in [4.69, 9.17) is 0 Å². The van der Waals surface area contributed by atoms with E-state index in [0.29, 0.717) is 11.1 Å². The van der Waals surface area contributed by atoms with Gasteiger partial charge in [-0.1, -0.05) is 33.6 Å². The van der Waals surface area contributed by atoms with E-state index in [9.17, 15) is 9.50 Å². The van der Waals surface area contributed by atoms with E-state index in [-0.39, 0.29) is 5.82 Å². The smallest absolute Gasteiger partial charge is 0.129 e. The zero-order chi connectivity index (χ0) is 13.3. The molecule has 0 aliphatic carbocycles. The van der Waals surface area contributed by atoms with Crippen LogP contribution in [0.1, 0.15) is 22.8 Å². The first kappa shape index (κ1) is 14.0. The Morgan fingerprint density at radius 2 is 1.89 bits per heavy atom. The van der Waals surface area contributed by atoms with E-state index in [1.165, 1.54) is 6.07 Å². The van der Waals surface area contributed by atoms with Crippen molar-refractivity contribution in [2.45, 2.75) is 13.0 Å². The number of hydrogen-bond donors (Lipinski definition) is 1. The van der Waals surface area contributed by atoms with Gasteiger partial charge in [0.05, 0.1) is 0 Å². The fraction of sp³-hybridized carbons (Fsp3) is 0.143. The molecule has 0 amide bonds. The lowest BCUT2D eigenvalue weighted by Gasteiger charge is -2.15. The molecule has 0 aliphatic heterocycles. The molecule has 0 spiro atoms. The average molecular weight is 421 g/mol. The van der Waals surface area contributed by atoms with Gasteiger partial charge in [-0.3, -0.25) is 0 Å². The Kier molecular flexibility index (Phi) is 4.40. The van der Waals surface area contributed by atoms with E-state index >= 15 is 0 Å². The van der Waals surface area contributed by atoms with Crippen LogP contribution in [0.3, 0.4) is 0 Å². The van der Waals surface area contributed by atoms with E-state index in [2.05, 4.69) is 38.5 Å². The molecular formula is C14H11BrFIO. The molecular weight excluding hydrogens is 410 g/mol. The first-order valence-electron chi connectivity index (χ1n) is 5.38. The summed E-state index contributed by atoms with van der Waals surface area (Å²) in [5.41, 5.74) is 1.94. The van der Waals surface area contributed by atoms with Crippen LogP contribution in [-0.4, -0.2) is 5.11 Å². The number of hydrogen-bond acceptors (Lipinski definition) is 1. The van der Waals surface area contributed by atoms with Crippen LogP contribution < -0.4 is 0 Å². The molecule has 2 rings (SSSR count). The Labute approximate surface area is 127 Å². The lowest BCUT2D eigenvalue weighted by molar-refractivity contribution is 0.214. The largest absolute Gasteiger partial charge is 0.384 e. The van der Waals surface area contributed by atoms with E-state index in [1.54, 1.807) is 12.1 Å². The van der Waals surface area contributed by atoms with Crippen molar-refractivity contribution in [2.24, 2.45) is 0 Å². The van der Waals surface area contributed by atoms with Crippen LogP contribution in [0.25, 0.3) is 0 Å². The predicted octanol–water partition coefficient (Wildman–Crippen LogP) is 4.58. The Bertz CT molecular complexity index is 535. The molecule has 0 heterocycles. The van der Waals surface area contributed by atoms with Gasteiger partial charge >= 0.3 is 0 Å². The third kappa shape index (κ3) is 2.92. The van der Waals surface area contributed by atoms with Crippen molar-refractivity contribution in [2.75, 3.05) is 0 Å². The molecule has 18 heavy (non-hydrogen) atoms. The summed E-state index contributed by atoms with van der Waals surface area (Å²) in [5.74, 6) is -0.385. The van der Waals surface area contributed by atoms with Crippen LogP contribution in [0.2, 0.25) is 0 Å². The summed E-state index contributed by atoms with van der Waals surface area (Å²) in [6, 6.07) is 10.4. The average Bonchev–Trinajstić information content (AvgIpc) is 2.34. The molecule has 0 saturated carbocycles. The maximum atomic E-state index is 13.8. The summed E-state index contributed by atoms with van der Waals surface area (Å²) in [5, 5.41) is 10.3. The van der Waals surface area contributed by atoms with Gasteiger partial charge in [-0.2, -0.15) is 0 Å². The lowest BCUT2D eigenvalue weighted by Crippen LogP contribution is -2.05. The minimum atomic E-state index is -0.950. The standard InChI is InChI=1S/C14H11BrFIO/c1-8-2-4-12(16)10(6-8)14(18)11-7-9(15)3-5-13(11)17/h2-7,14,18H,1H3.